The molecule has 0 saturated heterocycles. The quantitative estimate of drug-likeness (QED) is 0.260. The molecule has 0 bridgehead atoms. The predicted octanol–water partition coefficient (Wildman–Crippen LogP) is 0.0305. The second-order valence-electron chi connectivity index (χ2n) is 1.77. The first kappa shape index (κ1) is 7.01. The lowest BCUT2D eigenvalue weighted by Gasteiger charge is -1.88. The van der Waals surface area contributed by atoms with Crippen molar-refractivity contribution in [3.05, 3.63) is 16.1 Å². The van der Waals surface area contributed by atoms with Crippen LogP contribution in [0, 0.1) is 6.92 Å². The third-order valence-corrected chi connectivity index (χ3v) is 1.79. The molecule has 0 fully saturated rings. The summed E-state index contributed by atoms with van der Waals surface area (Å²) < 4.78 is 0. The van der Waals surface area contributed by atoms with E-state index in [4.69, 9.17) is 11.6 Å². The lowest BCUT2D eigenvalue weighted by molar-refractivity contribution is 1.19. The molecule has 1 heterocycles. The fraction of sp³-hybridized carbons (Fsp3) is 0.200. The van der Waals surface area contributed by atoms with Crippen molar-refractivity contribution in [3.63, 3.8) is 0 Å². The Balaban J connectivity index is 2.95. The Hall–Kier alpha value is -1.10. The topological polar surface area (TPSA) is 77.3 Å². The van der Waals surface area contributed by atoms with E-state index in [1.165, 1.54) is 11.3 Å². The number of aromatic nitrogens is 1. The standard InChI is InChI=1S/C5H8N4S/c1-3-8-4(2-10-3)5(6)9-7/h2H,7H2,1H3,(H2,6,9). The van der Waals surface area contributed by atoms with Crippen molar-refractivity contribution in [2.75, 3.05) is 0 Å². The smallest absolute Gasteiger partial charge is 0.169 e. The van der Waals surface area contributed by atoms with E-state index in [-0.39, 0.29) is 5.84 Å². The zero-order chi connectivity index (χ0) is 7.56. The van der Waals surface area contributed by atoms with E-state index in [0.29, 0.717) is 5.69 Å². The van der Waals surface area contributed by atoms with Crippen LogP contribution < -0.4 is 11.6 Å². The molecule has 54 valence electrons. The Morgan fingerprint density at radius 2 is 2.50 bits per heavy atom. The first-order valence-corrected chi connectivity index (χ1v) is 3.58. The van der Waals surface area contributed by atoms with Gasteiger partial charge in [0, 0.05) is 5.38 Å². The minimum atomic E-state index is 0.282. The number of nitrogens with zero attached hydrogens (tertiary/aromatic N) is 2. The molecule has 0 saturated carbocycles. The molecule has 1 aromatic rings. The van der Waals surface area contributed by atoms with Gasteiger partial charge in [0.05, 0.1) is 5.01 Å². The zero-order valence-corrected chi connectivity index (χ0v) is 6.35. The van der Waals surface area contributed by atoms with Crippen LogP contribution in [0.5, 0.6) is 0 Å². The minimum absolute atomic E-state index is 0.282. The van der Waals surface area contributed by atoms with Gasteiger partial charge in [-0.15, -0.1) is 11.3 Å². The van der Waals surface area contributed by atoms with E-state index in [1.807, 2.05) is 12.3 Å². The highest BCUT2D eigenvalue weighted by atomic mass is 32.1. The van der Waals surface area contributed by atoms with E-state index in [0.717, 1.165) is 5.01 Å². The summed E-state index contributed by atoms with van der Waals surface area (Å²) in [5.74, 6) is 5.22. The number of hydrogen-bond donors (Lipinski definition) is 2. The monoisotopic (exact) mass is 156 g/mol. The van der Waals surface area contributed by atoms with E-state index in [1.54, 1.807) is 0 Å². The number of hydrazone groups is 1. The fourth-order valence-electron chi connectivity index (χ4n) is 0.547. The second-order valence-corrected chi connectivity index (χ2v) is 2.83. The summed E-state index contributed by atoms with van der Waals surface area (Å²) in [7, 11) is 0. The maximum atomic E-state index is 5.38. The molecule has 1 aromatic heterocycles. The molecule has 0 aliphatic rings. The summed E-state index contributed by atoms with van der Waals surface area (Å²) in [6, 6.07) is 0. The van der Waals surface area contributed by atoms with Crippen molar-refractivity contribution in [2.24, 2.45) is 16.7 Å². The van der Waals surface area contributed by atoms with E-state index >= 15 is 0 Å². The maximum absolute atomic E-state index is 5.38. The van der Waals surface area contributed by atoms with Gasteiger partial charge in [-0.1, -0.05) is 0 Å². The number of aryl methyl sites for hydroxylation is 1. The van der Waals surface area contributed by atoms with Gasteiger partial charge in [0.1, 0.15) is 5.69 Å². The Morgan fingerprint density at radius 1 is 1.80 bits per heavy atom. The molecule has 0 amide bonds. The van der Waals surface area contributed by atoms with Crippen molar-refractivity contribution in [3.8, 4) is 0 Å². The average molecular weight is 156 g/mol. The molecule has 0 aromatic carbocycles. The van der Waals surface area contributed by atoms with Crippen LogP contribution in [0.1, 0.15) is 10.7 Å². The largest absolute Gasteiger partial charge is 0.380 e. The lowest BCUT2D eigenvalue weighted by Crippen LogP contribution is -2.15. The summed E-state index contributed by atoms with van der Waals surface area (Å²) >= 11 is 1.52. The van der Waals surface area contributed by atoms with E-state index in [9.17, 15) is 0 Å². The molecule has 0 aliphatic carbocycles. The van der Waals surface area contributed by atoms with Gasteiger partial charge in [-0.2, -0.15) is 5.10 Å². The van der Waals surface area contributed by atoms with Gasteiger partial charge < -0.3 is 11.6 Å². The number of hydrogen-bond acceptors (Lipinski definition) is 4. The highest BCUT2D eigenvalue weighted by molar-refractivity contribution is 7.09. The Kier molecular flexibility index (Phi) is 1.86. The van der Waals surface area contributed by atoms with Crippen LogP contribution in [-0.4, -0.2) is 10.8 Å². The molecule has 4 nitrogen and oxygen atoms in total. The molecule has 1 rings (SSSR count). The Labute approximate surface area is 62.6 Å². The van der Waals surface area contributed by atoms with Gasteiger partial charge in [-0.25, -0.2) is 4.98 Å². The molecule has 4 N–H and O–H groups in total. The van der Waals surface area contributed by atoms with Gasteiger partial charge in [-0.05, 0) is 6.92 Å². The molecule has 0 atom stereocenters. The molecular weight excluding hydrogens is 148 g/mol. The Morgan fingerprint density at radius 3 is 2.90 bits per heavy atom. The predicted molar refractivity (Wildman–Crippen MR) is 41.8 cm³/mol. The second kappa shape index (κ2) is 2.66. The number of amidine groups is 1. The van der Waals surface area contributed by atoms with Crippen LogP contribution in [0.25, 0.3) is 0 Å². The first-order chi connectivity index (χ1) is 4.74. The van der Waals surface area contributed by atoms with E-state index < -0.39 is 0 Å². The summed E-state index contributed by atoms with van der Waals surface area (Å²) in [6.07, 6.45) is 0. The highest BCUT2D eigenvalue weighted by Crippen LogP contribution is 2.06. The third kappa shape index (κ3) is 1.24. The molecule has 5 heteroatoms. The van der Waals surface area contributed by atoms with Crippen LogP contribution in [0.3, 0.4) is 0 Å². The number of rotatable bonds is 1. The molecule has 0 spiro atoms. The molecule has 0 unspecified atom stereocenters. The Bertz CT molecular complexity index is 252. The normalized spacial score (nSPS) is 11.9. The van der Waals surface area contributed by atoms with Gasteiger partial charge in [-0.3, -0.25) is 0 Å². The number of nitrogens with two attached hydrogens (primary N) is 2. The summed E-state index contributed by atoms with van der Waals surface area (Å²) in [6.45, 7) is 1.90. The molecule has 10 heavy (non-hydrogen) atoms. The fourth-order valence-corrected chi connectivity index (χ4v) is 1.15. The third-order valence-electron chi connectivity index (χ3n) is 1.02. The van der Waals surface area contributed by atoms with Crippen molar-refractivity contribution in [2.45, 2.75) is 6.92 Å². The zero-order valence-electron chi connectivity index (χ0n) is 5.53. The lowest BCUT2D eigenvalue weighted by atomic mass is 10.5. The van der Waals surface area contributed by atoms with Crippen molar-refractivity contribution in [1.29, 1.82) is 0 Å². The molecule has 0 aliphatic heterocycles. The van der Waals surface area contributed by atoms with Gasteiger partial charge in [0.25, 0.3) is 0 Å². The highest BCUT2D eigenvalue weighted by Gasteiger charge is 2.00. The SMILES string of the molecule is Cc1nc(C(N)=NN)cs1. The molecule has 0 radical (unpaired) electrons. The van der Waals surface area contributed by atoms with Crippen molar-refractivity contribution >= 4 is 17.2 Å². The van der Waals surface area contributed by atoms with Crippen molar-refractivity contribution in [1.82, 2.24) is 4.98 Å². The van der Waals surface area contributed by atoms with Crippen LogP contribution in [0.4, 0.5) is 0 Å². The van der Waals surface area contributed by atoms with Gasteiger partial charge in [0.2, 0.25) is 0 Å². The van der Waals surface area contributed by atoms with Crippen LogP contribution in [-0.2, 0) is 0 Å². The maximum Gasteiger partial charge on any atom is 0.169 e. The number of thiazole rings is 1. The summed E-state index contributed by atoms with van der Waals surface area (Å²) in [4.78, 5) is 4.06. The average Bonchev–Trinajstić information content (AvgIpc) is 2.34. The minimum Gasteiger partial charge on any atom is -0.380 e. The summed E-state index contributed by atoms with van der Waals surface area (Å²) in [5.41, 5.74) is 6.03. The first-order valence-electron chi connectivity index (χ1n) is 2.70. The van der Waals surface area contributed by atoms with Gasteiger partial charge in [0.15, 0.2) is 5.84 Å². The van der Waals surface area contributed by atoms with Crippen LogP contribution in [0.2, 0.25) is 0 Å². The molecular formula is C5H8N4S. The van der Waals surface area contributed by atoms with Crippen molar-refractivity contribution < 1.29 is 0 Å². The van der Waals surface area contributed by atoms with Gasteiger partial charge >= 0.3 is 0 Å². The summed E-state index contributed by atoms with van der Waals surface area (Å²) in [5, 5.41) is 6.09. The van der Waals surface area contributed by atoms with Crippen LogP contribution in [0.15, 0.2) is 10.5 Å². The van der Waals surface area contributed by atoms with Crippen LogP contribution >= 0.6 is 11.3 Å². The van der Waals surface area contributed by atoms with E-state index in [2.05, 4.69) is 10.1 Å².